The summed E-state index contributed by atoms with van der Waals surface area (Å²) in [5, 5.41) is 7.21. The minimum atomic E-state index is -0.0303. The first kappa shape index (κ1) is 15.5. The predicted molar refractivity (Wildman–Crippen MR) is 89.5 cm³/mol. The average molecular weight is 373 g/mol. The topological polar surface area (TPSA) is 32.3 Å². The van der Waals surface area contributed by atoms with Gasteiger partial charge in [-0.3, -0.25) is 0 Å². The summed E-state index contributed by atoms with van der Waals surface area (Å²) in [5.74, 6) is 0. The monoisotopic (exact) mass is 372 g/mol. The van der Waals surface area contributed by atoms with Crippen LogP contribution in [-0.2, 0) is 13.0 Å². The van der Waals surface area contributed by atoms with E-state index in [2.05, 4.69) is 38.1 Å². The molecule has 0 bridgehead atoms. The van der Waals surface area contributed by atoms with E-state index in [1.165, 1.54) is 10.4 Å². The van der Waals surface area contributed by atoms with Crippen LogP contribution in [0.4, 0.5) is 4.79 Å². The number of carbonyl (C=O) groups is 1. The lowest BCUT2D eigenvalue weighted by Crippen LogP contribution is -2.42. The largest absolute Gasteiger partial charge is 0.335 e. The Hall–Kier alpha value is -0.850. The van der Waals surface area contributed by atoms with Crippen molar-refractivity contribution in [1.82, 2.24) is 10.2 Å². The zero-order valence-electron chi connectivity index (χ0n) is 11.4. The number of amides is 2. The molecule has 108 valence electrons. The maximum atomic E-state index is 12.1. The molecule has 20 heavy (non-hydrogen) atoms. The Balaban J connectivity index is 1.81. The van der Waals surface area contributed by atoms with Gasteiger partial charge in [0.15, 0.2) is 0 Å². The fraction of sp³-hybridized carbons (Fsp3) is 0.357. The second kappa shape index (κ2) is 7.24. The SMILES string of the molecule is C[C@@H](Cc1ccsc1)NC(=O)N(C)Cc1ccc(Br)s1. The third-order valence-corrected chi connectivity index (χ3v) is 5.20. The van der Waals surface area contributed by atoms with Gasteiger partial charge in [0, 0.05) is 18.0 Å². The molecular formula is C14H17BrN2OS2. The highest BCUT2D eigenvalue weighted by molar-refractivity contribution is 9.11. The second-order valence-corrected chi connectivity index (χ2v) is 8.08. The molecule has 2 amide bonds. The fourth-order valence-electron chi connectivity index (χ4n) is 1.88. The molecule has 0 spiro atoms. The van der Waals surface area contributed by atoms with Gasteiger partial charge in [-0.05, 0) is 63.8 Å². The molecule has 6 heteroatoms. The van der Waals surface area contributed by atoms with Crippen molar-refractivity contribution >= 4 is 44.6 Å². The number of carbonyl (C=O) groups excluding carboxylic acids is 1. The van der Waals surface area contributed by atoms with Crippen molar-refractivity contribution in [2.24, 2.45) is 0 Å². The van der Waals surface area contributed by atoms with Gasteiger partial charge >= 0.3 is 6.03 Å². The third kappa shape index (κ3) is 4.61. The van der Waals surface area contributed by atoms with Gasteiger partial charge in [-0.2, -0.15) is 11.3 Å². The molecule has 2 rings (SSSR count). The standard InChI is InChI=1S/C14H17BrN2OS2/c1-10(7-11-5-6-19-9-11)16-14(18)17(2)8-12-3-4-13(15)20-12/h3-6,9-10H,7-8H2,1-2H3,(H,16,18)/t10-/m0/s1. The lowest BCUT2D eigenvalue weighted by molar-refractivity contribution is 0.204. The van der Waals surface area contributed by atoms with Crippen LogP contribution in [0.25, 0.3) is 0 Å². The molecule has 0 aliphatic heterocycles. The summed E-state index contributed by atoms with van der Waals surface area (Å²) in [4.78, 5) is 15.0. The maximum Gasteiger partial charge on any atom is 0.317 e. The van der Waals surface area contributed by atoms with Gasteiger partial charge in [-0.1, -0.05) is 0 Å². The molecule has 0 aromatic carbocycles. The van der Waals surface area contributed by atoms with Crippen LogP contribution < -0.4 is 5.32 Å². The zero-order valence-corrected chi connectivity index (χ0v) is 14.6. The molecule has 1 N–H and O–H groups in total. The first-order chi connectivity index (χ1) is 9.54. The Bertz CT molecular complexity index is 553. The van der Waals surface area contributed by atoms with Crippen LogP contribution >= 0.6 is 38.6 Å². The molecule has 0 aliphatic rings. The number of urea groups is 1. The van der Waals surface area contributed by atoms with Gasteiger partial charge in [-0.25, -0.2) is 4.79 Å². The molecule has 0 saturated heterocycles. The molecule has 0 unspecified atom stereocenters. The molecule has 2 heterocycles. The summed E-state index contributed by atoms with van der Waals surface area (Å²) in [6, 6.07) is 6.24. The highest BCUT2D eigenvalue weighted by atomic mass is 79.9. The average Bonchev–Trinajstić information content (AvgIpc) is 3.01. The number of hydrogen-bond acceptors (Lipinski definition) is 3. The van der Waals surface area contributed by atoms with Gasteiger partial charge < -0.3 is 10.2 Å². The van der Waals surface area contributed by atoms with Crippen molar-refractivity contribution in [3.63, 3.8) is 0 Å². The number of thiophene rings is 2. The molecule has 0 aliphatic carbocycles. The van der Waals surface area contributed by atoms with E-state index in [-0.39, 0.29) is 12.1 Å². The molecule has 2 aromatic heterocycles. The summed E-state index contributed by atoms with van der Waals surface area (Å²) in [6.07, 6.45) is 0.869. The Kier molecular flexibility index (Phi) is 5.63. The lowest BCUT2D eigenvalue weighted by Gasteiger charge is -2.20. The Morgan fingerprint density at radius 3 is 2.85 bits per heavy atom. The molecular weight excluding hydrogens is 356 g/mol. The van der Waals surface area contributed by atoms with E-state index in [4.69, 9.17) is 0 Å². The Morgan fingerprint density at radius 1 is 1.45 bits per heavy atom. The Labute approximate surface area is 135 Å². The fourth-order valence-corrected chi connectivity index (χ4v) is 4.09. The van der Waals surface area contributed by atoms with E-state index >= 15 is 0 Å². The summed E-state index contributed by atoms with van der Waals surface area (Å²) in [6.45, 7) is 2.67. The molecule has 2 aromatic rings. The van der Waals surface area contributed by atoms with Gasteiger partial charge in [0.1, 0.15) is 0 Å². The maximum absolute atomic E-state index is 12.1. The van der Waals surface area contributed by atoms with Gasteiger partial charge in [-0.15, -0.1) is 11.3 Å². The van der Waals surface area contributed by atoms with Crippen molar-refractivity contribution in [2.45, 2.75) is 25.9 Å². The Morgan fingerprint density at radius 2 is 2.25 bits per heavy atom. The number of halogens is 1. The molecule has 0 radical (unpaired) electrons. The van der Waals surface area contributed by atoms with E-state index in [1.54, 1.807) is 27.6 Å². The van der Waals surface area contributed by atoms with Crippen LogP contribution in [0, 0.1) is 0 Å². The number of hydrogen-bond donors (Lipinski definition) is 1. The first-order valence-corrected chi connectivity index (χ1v) is 8.86. The minimum Gasteiger partial charge on any atom is -0.335 e. The lowest BCUT2D eigenvalue weighted by atomic mass is 10.1. The van der Waals surface area contributed by atoms with Crippen molar-refractivity contribution < 1.29 is 4.79 Å². The van der Waals surface area contributed by atoms with E-state index in [1.807, 2.05) is 26.1 Å². The van der Waals surface area contributed by atoms with Crippen molar-refractivity contribution in [3.05, 3.63) is 43.2 Å². The van der Waals surface area contributed by atoms with Crippen molar-refractivity contribution in [3.8, 4) is 0 Å². The quantitative estimate of drug-likeness (QED) is 0.831. The first-order valence-electron chi connectivity index (χ1n) is 6.31. The van der Waals surface area contributed by atoms with Gasteiger partial charge in [0.25, 0.3) is 0 Å². The summed E-state index contributed by atoms with van der Waals surface area (Å²) in [7, 11) is 1.82. The van der Waals surface area contributed by atoms with Crippen LogP contribution in [0.2, 0.25) is 0 Å². The highest BCUT2D eigenvalue weighted by Crippen LogP contribution is 2.23. The second-order valence-electron chi connectivity index (χ2n) is 4.75. The van der Waals surface area contributed by atoms with Crippen molar-refractivity contribution in [1.29, 1.82) is 0 Å². The number of nitrogens with one attached hydrogen (secondary N) is 1. The smallest absolute Gasteiger partial charge is 0.317 e. The van der Waals surface area contributed by atoms with Crippen LogP contribution in [-0.4, -0.2) is 24.0 Å². The number of nitrogens with zero attached hydrogens (tertiary/aromatic N) is 1. The van der Waals surface area contributed by atoms with E-state index in [9.17, 15) is 4.79 Å². The highest BCUT2D eigenvalue weighted by Gasteiger charge is 2.13. The molecule has 3 nitrogen and oxygen atoms in total. The van der Waals surface area contributed by atoms with Crippen LogP contribution in [0.15, 0.2) is 32.7 Å². The summed E-state index contributed by atoms with van der Waals surface area (Å²) >= 11 is 6.77. The van der Waals surface area contributed by atoms with Crippen LogP contribution in [0.3, 0.4) is 0 Å². The molecule has 0 saturated carbocycles. The normalized spacial score (nSPS) is 12.2. The number of rotatable bonds is 5. The third-order valence-electron chi connectivity index (χ3n) is 2.86. The van der Waals surface area contributed by atoms with E-state index in [0.29, 0.717) is 6.54 Å². The molecule has 1 atom stereocenters. The molecule has 0 fully saturated rings. The van der Waals surface area contributed by atoms with Gasteiger partial charge in [0.2, 0.25) is 0 Å². The van der Waals surface area contributed by atoms with Crippen molar-refractivity contribution in [2.75, 3.05) is 7.05 Å². The van der Waals surface area contributed by atoms with Crippen LogP contribution in [0.1, 0.15) is 17.4 Å². The predicted octanol–water partition coefficient (Wildman–Crippen LogP) is 4.34. The van der Waals surface area contributed by atoms with E-state index in [0.717, 1.165) is 10.2 Å². The zero-order chi connectivity index (χ0) is 14.5. The summed E-state index contributed by atoms with van der Waals surface area (Å²) in [5.41, 5.74) is 1.27. The van der Waals surface area contributed by atoms with Crippen LogP contribution in [0.5, 0.6) is 0 Å². The minimum absolute atomic E-state index is 0.0303. The van der Waals surface area contributed by atoms with Gasteiger partial charge in [0.05, 0.1) is 10.3 Å². The van der Waals surface area contributed by atoms with E-state index < -0.39 is 0 Å². The summed E-state index contributed by atoms with van der Waals surface area (Å²) < 4.78 is 1.09.